The van der Waals surface area contributed by atoms with Gasteiger partial charge in [-0.1, -0.05) is 128 Å². The molecule has 6 rings (SSSR count). The van der Waals surface area contributed by atoms with Crippen molar-refractivity contribution in [1.29, 1.82) is 0 Å². The largest absolute Gasteiger partial charge is 0.483 e. The van der Waals surface area contributed by atoms with Gasteiger partial charge in [0, 0.05) is 13.8 Å². The van der Waals surface area contributed by atoms with Crippen LogP contribution in [0, 0.1) is 0 Å². The molecule has 0 bridgehead atoms. The van der Waals surface area contributed by atoms with Crippen molar-refractivity contribution in [2.24, 2.45) is 0 Å². The van der Waals surface area contributed by atoms with Crippen LogP contribution in [0.2, 0.25) is 0 Å². The van der Waals surface area contributed by atoms with Gasteiger partial charge >= 0.3 is 33.6 Å². The third-order valence-corrected chi connectivity index (χ3v) is 25.9. The number of aliphatic hydroxyl groups excluding tert-OH is 12. The van der Waals surface area contributed by atoms with Crippen molar-refractivity contribution in [1.82, 2.24) is 0 Å². The van der Waals surface area contributed by atoms with Crippen molar-refractivity contribution in [3.63, 3.8) is 0 Å². The highest BCUT2D eigenvalue weighted by molar-refractivity contribution is 7.61. The highest BCUT2D eigenvalue weighted by Gasteiger charge is 2.60. The minimum absolute atomic E-state index is 0.442. The van der Waals surface area contributed by atoms with E-state index in [9.17, 15) is 105 Å². The summed E-state index contributed by atoms with van der Waals surface area (Å²) >= 11 is 0. The van der Waals surface area contributed by atoms with Gasteiger partial charge in [-0.3, -0.25) is 13.8 Å². The third-order valence-electron chi connectivity index (χ3n) is 23.3. The van der Waals surface area contributed by atoms with Gasteiger partial charge in [0.25, 0.3) is 5.79 Å². The summed E-state index contributed by atoms with van der Waals surface area (Å²) in [4.78, 5) is 57.8. The number of carbonyl (C=O) groups excluding carboxylic acids is 1. The number of rotatable bonds is 51. The normalized spacial score (nSPS) is 34.2. The molecule has 16 N–H and O–H groups in total. The minimum atomic E-state index is -5.84. The molecule has 0 aliphatic carbocycles. The topological polar surface area (TPSA) is 547 Å². The molecule has 3 unspecified atom stereocenters. The van der Waals surface area contributed by atoms with Gasteiger partial charge in [0.15, 0.2) is 37.6 Å². The van der Waals surface area contributed by atoms with Crippen molar-refractivity contribution in [3.05, 3.63) is 128 Å². The lowest BCUT2D eigenvalue weighted by Gasteiger charge is -2.50. The molecule has 128 heavy (non-hydrogen) atoms. The fraction of sp³-hybridized carbons (Fsp3) is 0.722. The Kier molecular flexibility index (Phi) is 47.5. The maximum Gasteiger partial charge on any atom is 0.483 e. The standard InChI is InChI=1S/C90H144O36P2/c1-15-51(2)26-16-27-52(3)28-17-29-53(4)30-18-31-54(5)32-19-33-55(6)34-20-35-56(7)36-21-37-57(8)38-22-39-58(9)40-23-41-59(10)42-24-43-60(11)44-25-45-61(12)48-114-127(108,109)126-128(110,111)125-87-75(102)70(97)77(64(47-92)116-87)119-86-76(103)79(68(95)63(46-91)115-86)120-88-81(69(96)67(94)65(117-88)49-112-62(13)93)122-85-74(101)72(99)80(82(123-85)83(104)105)121-84-73(100)71(98)78-66(118-84)50-113-90(14,124-78)89(106)107/h15,27,29,31,33,35,37,39,41,43,45,63-82,84-88,91-92,94-103H,16-26,28,30,32,34,36,38,40,42,44,46-50H2,1-14H3,(H,104,105)(H,106,107)(H,108,109)(H,110,111)/b51-15-,52-27-,53-29-,54-31-,55-33-,56-35-,57-37-,58-39-,59-41+,60-43+,61-45+/t63-,64-,65-,66-,67-,68-,69+,70-,71-,72-,73+,74-,75-,76-,77-,78-,79+,80+,81+,82+,84+,85-,86+,87-,88-,90?/m1/s1. The van der Waals surface area contributed by atoms with Crippen LogP contribution < -0.4 is 0 Å². The van der Waals surface area contributed by atoms with E-state index in [4.69, 9.17) is 65.9 Å². The zero-order chi connectivity index (χ0) is 95.1. The molecule has 0 saturated carbocycles. The first-order chi connectivity index (χ1) is 60.3. The second-order valence-electron chi connectivity index (χ2n) is 34.5. The maximum atomic E-state index is 13.3. The van der Waals surface area contributed by atoms with Gasteiger partial charge in [0.05, 0.1) is 26.4 Å². The van der Waals surface area contributed by atoms with E-state index in [1.54, 1.807) is 13.0 Å². The molecule has 0 amide bonds. The van der Waals surface area contributed by atoms with E-state index in [-0.39, 0.29) is 0 Å². The van der Waals surface area contributed by atoms with E-state index >= 15 is 0 Å². The fourth-order valence-corrected chi connectivity index (χ4v) is 17.3. The number of aliphatic hydroxyl groups is 12. The number of hydrogen-bond donors (Lipinski definition) is 16. The molecule has 6 fully saturated rings. The zero-order valence-electron chi connectivity index (χ0n) is 76.2. The lowest BCUT2D eigenvalue weighted by Crippen LogP contribution is -2.69. The first-order valence-electron chi connectivity index (χ1n) is 44.0. The highest BCUT2D eigenvalue weighted by atomic mass is 31.3. The van der Waals surface area contributed by atoms with Crippen LogP contribution in [0.3, 0.4) is 0 Å². The zero-order valence-corrected chi connectivity index (χ0v) is 78.0. The number of fused-ring (bicyclic) bond motifs is 1. The van der Waals surface area contributed by atoms with E-state index in [0.29, 0.717) is 18.4 Å². The van der Waals surface area contributed by atoms with Crippen LogP contribution in [0.15, 0.2) is 128 Å². The Morgan fingerprint density at radius 3 is 1.17 bits per heavy atom. The first-order valence-corrected chi connectivity index (χ1v) is 47.0. The number of ether oxygens (including phenoxy) is 12. The fourth-order valence-electron chi connectivity index (χ4n) is 15.1. The van der Waals surface area contributed by atoms with Crippen molar-refractivity contribution in [2.45, 2.75) is 385 Å². The lowest BCUT2D eigenvalue weighted by atomic mass is 9.95. The molecule has 6 aliphatic rings. The molecular formula is C90H144O36P2. The van der Waals surface area contributed by atoms with Crippen LogP contribution >= 0.6 is 15.6 Å². The van der Waals surface area contributed by atoms with Crippen molar-refractivity contribution < 1.29 is 175 Å². The first kappa shape index (κ1) is 112. The van der Waals surface area contributed by atoms with Crippen LogP contribution in [0.1, 0.15) is 225 Å². The SMILES string of the molecule is C/C=C(/C)CC/C=C(/C)CC/C=C(/C)CC/C=C(/C)CC/C=C(/C)CC/C=C(/C)CC/C=C(/C)CC/C=C(/C)CC/C=C(\C)CC/C=C(\C)CC/C=C(\C)COP(=O)(O)OP(=O)(O)O[C@H]1O[C@H](CO)[C@@H](O[C@@H]2O[C@H](CO)[C@@H](O)[C@H](O[C@H]3O[C@H](COC(C)=O)[C@@H](O)[C@H](O)[C@@H]3O[C@@H]3O[C@H](C(=O)O)[C@@H](O[C@@H]4O[C@@H]5COC(C)(C(=O)O)O[C@H]5[C@H](O)[C@@H]4O)[C@H](O)[C@H]3O)[C@H]2O)[C@H](O)[C@H]1O. The van der Waals surface area contributed by atoms with Crippen LogP contribution in [-0.4, -0.2) is 292 Å². The van der Waals surface area contributed by atoms with E-state index in [1.807, 2.05) is 6.92 Å². The van der Waals surface area contributed by atoms with E-state index < -0.39 is 226 Å². The number of allylic oxidation sites excluding steroid dienone is 21. The minimum Gasteiger partial charge on any atom is -0.479 e. The van der Waals surface area contributed by atoms with Gasteiger partial charge in [-0.2, -0.15) is 4.31 Å². The summed E-state index contributed by atoms with van der Waals surface area (Å²) in [5, 5.41) is 155. The molecule has 6 saturated heterocycles. The predicted octanol–water partition coefficient (Wildman–Crippen LogP) is 9.09. The Balaban J connectivity index is 0.909. The Hall–Kier alpha value is -5.11. The Morgan fingerprint density at radius 2 is 0.750 bits per heavy atom. The van der Waals surface area contributed by atoms with Crippen LogP contribution in [0.25, 0.3) is 0 Å². The molecule has 6 aliphatic heterocycles. The number of aliphatic carboxylic acids is 2. The maximum absolute atomic E-state index is 13.3. The molecule has 0 spiro atoms. The number of phosphoric acid groups is 2. The lowest BCUT2D eigenvalue weighted by molar-refractivity contribution is -0.405. The molecule has 0 aromatic carbocycles. The molecule has 0 radical (unpaired) electrons. The molecular weight excluding hydrogens is 1720 g/mol. The molecule has 6 heterocycles. The second-order valence-corrected chi connectivity index (χ2v) is 37.5. The number of carboxylic acids is 2. The van der Waals surface area contributed by atoms with E-state index in [2.05, 4.69) is 134 Å². The summed E-state index contributed by atoms with van der Waals surface area (Å²) in [6, 6.07) is 0. The molecule has 0 aromatic heterocycles. The van der Waals surface area contributed by atoms with E-state index in [1.165, 1.54) is 50.2 Å². The Labute approximate surface area is 751 Å². The molecule has 28 atom stereocenters. The Bertz CT molecular complexity index is 3960. The van der Waals surface area contributed by atoms with Crippen LogP contribution in [0.5, 0.6) is 0 Å². The number of phosphoric ester groups is 2. The summed E-state index contributed by atoms with van der Waals surface area (Å²) in [5.74, 6) is -6.77. The second kappa shape index (κ2) is 54.4. The average Bonchev–Trinajstić information content (AvgIpc) is 0.773. The number of carbonyl (C=O) groups is 3. The number of carboxylic acid groups (broad SMARTS) is 2. The molecule has 730 valence electrons. The van der Waals surface area contributed by atoms with Crippen molar-refractivity contribution in [3.8, 4) is 0 Å². The molecule has 38 heteroatoms. The number of hydrogen-bond acceptors (Lipinski definition) is 32. The molecule has 0 aromatic rings. The Morgan fingerprint density at radius 1 is 0.391 bits per heavy atom. The van der Waals surface area contributed by atoms with Crippen LogP contribution in [0.4, 0.5) is 0 Å². The third kappa shape index (κ3) is 35.9. The van der Waals surface area contributed by atoms with E-state index in [0.717, 1.165) is 135 Å². The quantitative estimate of drug-likeness (QED) is 0.0153. The van der Waals surface area contributed by atoms with Gasteiger partial charge in [-0.15, -0.1) is 0 Å². The summed E-state index contributed by atoms with van der Waals surface area (Å²) in [7, 11) is -11.3. The summed E-state index contributed by atoms with van der Waals surface area (Å²) < 4.78 is 107. The van der Waals surface area contributed by atoms with Gasteiger partial charge in [-0.05, 0) is 212 Å². The van der Waals surface area contributed by atoms with Gasteiger partial charge in [0.2, 0.25) is 0 Å². The highest BCUT2D eigenvalue weighted by Crippen LogP contribution is 2.61. The average molecular weight is 1860 g/mol. The number of esters is 1. The summed E-state index contributed by atoms with van der Waals surface area (Å²) in [6.07, 6.45) is -9.09. The summed E-state index contributed by atoms with van der Waals surface area (Å²) in [6.45, 7) is 23.3. The molecule has 36 nitrogen and oxygen atoms in total. The van der Waals surface area contributed by atoms with Crippen molar-refractivity contribution in [2.75, 3.05) is 33.0 Å². The predicted molar refractivity (Wildman–Crippen MR) is 465 cm³/mol. The van der Waals surface area contributed by atoms with Gasteiger partial charge in [0.1, 0.15) is 123 Å². The smallest absolute Gasteiger partial charge is 0.479 e. The van der Waals surface area contributed by atoms with Gasteiger partial charge < -0.3 is 138 Å². The van der Waals surface area contributed by atoms with Crippen molar-refractivity contribution >= 4 is 33.6 Å². The van der Waals surface area contributed by atoms with Crippen LogP contribution in [-0.2, 0) is 93.7 Å². The summed E-state index contributed by atoms with van der Waals surface area (Å²) in [5.41, 5.74) is 14.4. The van der Waals surface area contributed by atoms with Gasteiger partial charge in [-0.25, -0.2) is 18.7 Å². The monoisotopic (exact) mass is 1860 g/mol.